The van der Waals surface area contributed by atoms with Gasteiger partial charge in [-0.1, -0.05) is 29.8 Å². The van der Waals surface area contributed by atoms with Gasteiger partial charge < -0.3 is 0 Å². The molecule has 1 unspecified atom stereocenters. The number of benzene rings is 2. The van der Waals surface area contributed by atoms with Gasteiger partial charge in [0.25, 0.3) is 0 Å². The van der Waals surface area contributed by atoms with E-state index in [-0.39, 0.29) is 5.56 Å². The summed E-state index contributed by atoms with van der Waals surface area (Å²) >= 11 is 0. The number of aryl methyl sites for hydroxylation is 1. The Bertz CT molecular complexity index is 665. The summed E-state index contributed by atoms with van der Waals surface area (Å²) in [6, 6.07) is 13.7. The molecule has 1 atom stereocenters. The Balaban J connectivity index is 1.92. The minimum Gasteiger partial charge on any atom is -0.206 e. The Kier molecular flexibility index (Phi) is 2.83. The van der Waals surface area contributed by atoms with E-state index in [9.17, 15) is 4.39 Å². The molecule has 0 amide bonds. The van der Waals surface area contributed by atoms with E-state index in [1.54, 1.807) is 6.07 Å². The van der Waals surface area contributed by atoms with Crippen molar-refractivity contribution in [3.05, 3.63) is 70.0 Å². The zero-order valence-electron chi connectivity index (χ0n) is 10.8. The molecule has 1 aliphatic rings. The third kappa shape index (κ3) is 2.13. The molecule has 0 N–H and O–H groups in total. The van der Waals surface area contributed by atoms with E-state index >= 15 is 0 Å². The Labute approximate surface area is 112 Å². The van der Waals surface area contributed by atoms with Gasteiger partial charge in [-0.2, -0.15) is 5.26 Å². The van der Waals surface area contributed by atoms with Crippen LogP contribution in [-0.2, 0) is 12.8 Å². The van der Waals surface area contributed by atoms with Crippen LogP contribution in [0.15, 0.2) is 36.4 Å². The topological polar surface area (TPSA) is 23.8 Å². The lowest BCUT2D eigenvalue weighted by atomic mass is 9.95. The lowest BCUT2D eigenvalue weighted by Gasteiger charge is -2.09. The largest absolute Gasteiger partial charge is 0.206 e. The van der Waals surface area contributed by atoms with Crippen molar-refractivity contribution in [1.82, 2.24) is 0 Å². The summed E-state index contributed by atoms with van der Waals surface area (Å²) in [5.41, 5.74) is 4.85. The molecule has 0 fully saturated rings. The number of rotatable bonds is 1. The van der Waals surface area contributed by atoms with Gasteiger partial charge in [0.15, 0.2) is 0 Å². The molecule has 19 heavy (non-hydrogen) atoms. The van der Waals surface area contributed by atoms with Gasteiger partial charge >= 0.3 is 0 Å². The van der Waals surface area contributed by atoms with E-state index in [0.29, 0.717) is 5.92 Å². The standard InChI is InChI=1S/C17H14FN/c1-11-2-4-12(5-3-11)13-6-14-8-16(10-19)17(18)9-15(14)7-13/h2-5,8-9,13H,6-7H2,1H3. The summed E-state index contributed by atoms with van der Waals surface area (Å²) in [6.45, 7) is 2.07. The average Bonchev–Trinajstić information content (AvgIpc) is 2.81. The van der Waals surface area contributed by atoms with Crippen LogP contribution in [0.5, 0.6) is 0 Å². The molecule has 0 spiro atoms. The predicted molar refractivity (Wildman–Crippen MR) is 72.4 cm³/mol. The molecule has 0 saturated heterocycles. The van der Waals surface area contributed by atoms with Gasteiger partial charge in [-0.05, 0) is 54.5 Å². The summed E-state index contributed by atoms with van der Waals surface area (Å²) in [5.74, 6) is 0.00903. The van der Waals surface area contributed by atoms with Crippen molar-refractivity contribution in [2.75, 3.05) is 0 Å². The van der Waals surface area contributed by atoms with Crippen LogP contribution in [0.2, 0.25) is 0 Å². The third-order valence-corrected chi connectivity index (χ3v) is 3.89. The van der Waals surface area contributed by atoms with Gasteiger partial charge in [-0.15, -0.1) is 0 Å². The Morgan fingerprint density at radius 3 is 2.37 bits per heavy atom. The van der Waals surface area contributed by atoms with E-state index < -0.39 is 5.82 Å². The molecule has 2 aromatic carbocycles. The summed E-state index contributed by atoms with van der Waals surface area (Å²) in [5, 5.41) is 8.87. The fourth-order valence-electron chi connectivity index (χ4n) is 2.80. The molecule has 2 aromatic rings. The molecule has 1 aliphatic carbocycles. The summed E-state index contributed by atoms with van der Waals surface area (Å²) in [4.78, 5) is 0. The number of halogens is 1. The van der Waals surface area contributed by atoms with E-state index in [4.69, 9.17) is 5.26 Å². The van der Waals surface area contributed by atoms with Crippen molar-refractivity contribution in [2.24, 2.45) is 0 Å². The van der Waals surface area contributed by atoms with Crippen LogP contribution in [0, 0.1) is 24.1 Å². The minimum absolute atomic E-state index is 0.156. The zero-order chi connectivity index (χ0) is 13.4. The third-order valence-electron chi connectivity index (χ3n) is 3.89. The number of hydrogen-bond donors (Lipinski definition) is 0. The van der Waals surface area contributed by atoms with Gasteiger partial charge in [0.05, 0.1) is 5.56 Å². The van der Waals surface area contributed by atoms with Crippen molar-refractivity contribution in [2.45, 2.75) is 25.7 Å². The van der Waals surface area contributed by atoms with Gasteiger partial charge in [0.2, 0.25) is 0 Å². The second-order valence-corrected chi connectivity index (χ2v) is 5.23. The van der Waals surface area contributed by atoms with Crippen LogP contribution in [0.25, 0.3) is 0 Å². The SMILES string of the molecule is Cc1ccc(C2Cc3cc(F)c(C#N)cc3C2)cc1. The molecule has 0 aromatic heterocycles. The first-order chi connectivity index (χ1) is 9.17. The summed E-state index contributed by atoms with van der Waals surface area (Å²) in [6.07, 6.45) is 1.76. The van der Waals surface area contributed by atoms with E-state index in [1.807, 2.05) is 6.07 Å². The van der Waals surface area contributed by atoms with Crippen LogP contribution < -0.4 is 0 Å². The van der Waals surface area contributed by atoms with Gasteiger partial charge in [-0.25, -0.2) is 4.39 Å². The van der Waals surface area contributed by atoms with E-state index in [2.05, 4.69) is 31.2 Å². The highest BCUT2D eigenvalue weighted by Crippen LogP contribution is 2.35. The lowest BCUT2D eigenvalue weighted by molar-refractivity contribution is 0.621. The maximum atomic E-state index is 13.6. The van der Waals surface area contributed by atoms with Gasteiger partial charge in [0.1, 0.15) is 11.9 Å². The zero-order valence-corrected chi connectivity index (χ0v) is 10.8. The summed E-state index contributed by atoms with van der Waals surface area (Å²) < 4.78 is 13.6. The number of fused-ring (bicyclic) bond motifs is 1. The smallest absolute Gasteiger partial charge is 0.141 e. The molecule has 0 aliphatic heterocycles. The van der Waals surface area contributed by atoms with Crippen molar-refractivity contribution in [1.29, 1.82) is 5.26 Å². The van der Waals surface area contributed by atoms with Crippen LogP contribution in [0.4, 0.5) is 4.39 Å². The highest BCUT2D eigenvalue weighted by Gasteiger charge is 2.24. The molecule has 1 nitrogen and oxygen atoms in total. The molecule has 94 valence electrons. The molecule has 0 bridgehead atoms. The average molecular weight is 251 g/mol. The second-order valence-electron chi connectivity index (χ2n) is 5.23. The Morgan fingerprint density at radius 2 is 1.74 bits per heavy atom. The van der Waals surface area contributed by atoms with Crippen LogP contribution in [-0.4, -0.2) is 0 Å². The fourth-order valence-corrected chi connectivity index (χ4v) is 2.80. The molecule has 0 saturated carbocycles. The predicted octanol–water partition coefficient (Wildman–Crippen LogP) is 3.89. The normalized spacial score (nSPS) is 17.0. The van der Waals surface area contributed by atoms with Crippen LogP contribution in [0.1, 0.15) is 33.7 Å². The first-order valence-electron chi connectivity index (χ1n) is 6.45. The van der Waals surface area contributed by atoms with Gasteiger partial charge in [-0.3, -0.25) is 0 Å². The fraction of sp³-hybridized carbons (Fsp3) is 0.235. The molecule has 2 heteroatoms. The van der Waals surface area contributed by atoms with Crippen LogP contribution >= 0.6 is 0 Å². The summed E-state index contributed by atoms with van der Waals surface area (Å²) in [7, 11) is 0. The second kappa shape index (κ2) is 4.51. The Morgan fingerprint density at radius 1 is 1.11 bits per heavy atom. The molecule has 0 radical (unpaired) electrons. The Hall–Kier alpha value is -2.14. The number of nitriles is 1. The maximum Gasteiger partial charge on any atom is 0.141 e. The monoisotopic (exact) mass is 251 g/mol. The molecular formula is C17H14FN. The van der Waals surface area contributed by atoms with Gasteiger partial charge in [0, 0.05) is 0 Å². The van der Waals surface area contributed by atoms with Crippen molar-refractivity contribution in [3.8, 4) is 6.07 Å². The minimum atomic E-state index is -0.397. The quantitative estimate of drug-likeness (QED) is 0.754. The lowest BCUT2D eigenvalue weighted by Crippen LogP contribution is -1.97. The maximum absolute atomic E-state index is 13.6. The van der Waals surface area contributed by atoms with Crippen molar-refractivity contribution < 1.29 is 4.39 Å². The van der Waals surface area contributed by atoms with E-state index in [0.717, 1.165) is 24.0 Å². The molecule has 0 heterocycles. The highest BCUT2D eigenvalue weighted by atomic mass is 19.1. The first kappa shape index (κ1) is 11.9. The molecule has 3 rings (SSSR count). The highest BCUT2D eigenvalue weighted by molar-refractivity contribution is 5.44. The van der Waals surface area contributed by atoms with Crippen molar-refractivity contribution >= 4 is 0 Å². The first-order valence-corrected chi connectivity index (χ1v) is 6.45. The molecular weight excluding hydrogens is 237 g/mol. The van der Waals surface area contributed by atoms with Crippen molar-refractivity contribution in [3.63, 3.8) is 0 Å². The number of nitrogens with zero attached hydrogens (tertiary/aromatic N) is 1. The van der Waals surface area contributed by atoms with Crippen LogP contribution in [0.3, 0.4) is 0 Å². The van der Waals surface area contributed by atoms with E-state index in [1.165, 1.54) is 17.2 Å². The number of hydrogen-bond acceptors (Lipinski definition) is 1.